The number of aromatic nitrogens is 2. The Morgan fingerprint density at radius 3 is 2.63 bits per heavy atom. The first-order valence-electron chi connectivity index (χ1n) is 9.16. The number of hydrogen-bond donors (Lipinski definition) is 0. The van der Waals surface area contributed by atoms with Gasteiger partial charge in [-0.15, -0.1) is 0 Å². The highest BCUT2D eigenvalue weighted by molar-refractivity contribution is 6.30. The first kappa shape index (κ1) is 19.4. The first-order valence-corrected chi connectivity index (χ1v) is 9.54. The molecule has 1 aliphatic heterocycles. The number of amides is 1. The van der Waals surface area contributed by atoms with E-state index < -0.39 is 0 Å². The Morgan fingerprint density at radius 1 is 1.26 bits per heavy atom. The van der Waals surface area contributed by atoms with Gasteiger partial charge in [-0.2, -0.15) is 0 Å². The molecule has 3 rings (SSSR count). The fourth-order valence-electron chi connectivity index (χ4n) is 2.96. The molecule has 0 spiro atoms. The van der Waals surface area contributed by atoms with Crippen LogP contribution in [0.5, 0.6) is 11.8 Å². The maximum Gasteiger partial charge on any atom is 0.316 e. The van der Waals surface area contributed by atoms with Crippen LogP contribution < -0.4 is 9.47 Å². The van der Waals surface area contributed by atoms with Crippen molar-refractivity contribution in [1.82, 2.24) is 14.9 Å². The van der Waals surface area contributed by atoms with E-state index in [2.05, 4.69) is 23.8 Å². The van der Waals surface area contributed by atoms with Crippen molar-refractivity contribution in [1.29, 1.82) is 0 Å². The molecule has 1 amide bonds. The third-order valence-corrected chi connectivity index (χ3v) is 4.70. The van der Waals surface area contributed by atoms with Crippen molar-refractivity contribution in [3.05, 3.63) is 47.2 Å². The molecule has 0 N–H and O–H groups in total. The lowest BCUT2D eigenvalue weighted by atomic mass is 10.0. The number of hydrogen-bond acceptors (Lipinski definition) is 5. The van der Waals surface area contributed by atoms with Gasteiger partial charge in [0.25, 0.3) is 5.91 Å². The van der Waals surface area contributed by atoms with Crippen LogP contribution in [0.1, 0.15) is 38.2 Å². The number of carbonyl (C=O) groups excluding carboxylic acids is 1. The van der Waals surface area contributed by atoms with E-state index in [1.807, 2.05) is 24.3 Å². The molecule has 0 bridgehead atoms. The van der Waals surface area contributed by atoms with Crippen LogP contribution in [0.15, 0.2) is 36.7 Å². The number of piperidine rings is 1. The van der Waals surface area contributed by atoms with Gasteiger partial charge in [-0.25, -0.2) is 9.97 Å². The number of halogens is 1. The van der Waals surface area contributed by atoms with Crippen LogP contribution in [-0.2, 0) is 4.79 Å². The summed E-state index contributed by atoms with van der Waals surface area (Å²) in [6.07, 6.45) is 4.58. The molecule has 6 nitrogen and oxygen atoms in total. The normalized spacial score (nSPS) is 17.0. The molecule has 1 aromatic heterocycles. The van der Waals surface area contributed by atoms with Gasteiger partial charge >= 0.3 is 6.01 Å². The standard InChI is InChI=1S/C20H24ClN3O3/c1-14(2)15-5-7-17(8-6-15)26-13-19(25)24-9-3-4-18(12-24)27-20-22-10-16(21)11-23-20/h5-8,10-11,14,18H,3-4,9,12-13H2,1-2H3/t18-/m1/s1. The topological polar surface area (TPSA) is 64.5 Å². The highest BCUT2D eigenvalue weighted by Gasteiger charge is 2.25. The quantitative estimate of drug-likeness (QED) is 0.753. The van der Waals surface area contributed by atoms with Gasteiger partial charge in [0, 0.05) is 6.54 Å². The van der Waals surface area contributed by atoms with Gasteiger partial charge in [-0.3, -0.25) is 4.79 Å². The van der Waals surface area contributed by atoms with Crippen LogP contribution in [0, 0.1) is 0 Å². The number of carbonyl (C=O) groups is 1. The zero-order valence-electron chi connectivity index (χ0n) is 15.6. The maximum atomic E-state index is 12.5. The predicted octanol–water partition coefficient (Wildman–Crippen LogP) is 3.70. The van der Waals surface area contributed by atoms with E-state index in [1.165, 1.54) is 18.0 Å². The number of likely N-dealkylation sites (tertiary alicyclic amines) is 1. The molecule has 0 saturated carbocycles. The summed E-state index contributed by atoms with van der Waals surface area (Å²) >= 11 is 5.78. The minimum absolute atomic E-state index is 0.0190. The fraction of sp³-hybridized carbons (Fsp3) is 0.450. The van der Waals surface area contributed by atoms with Gasteiger partial charge in [-0.1, -0.05) is 37.6 Å². The Balaban J connectivity index is 1.49. The summed E-state index contributed by atoms with van der Waals surface area (Å²) in [5.74, 6) is 1.12. The summed E-state index contributed by atoms with van der Waals surface area (Å²) in [5.41, 5.74) is 1.24. The number of benzene rings is 1. The van der Waals surface area contributed by atoms with Crippen LogP contribution in [0.25, 0.3) is 0 Å². The van der Waals surface area contributed by atoms with E-state index in [9.17, 15) is 4.79 Å². The average molecular weight is 390 g/mol. The molecule has 0 aliphatic carbocycles. The molecule has 27 heavy (non-hydrogen) atoms. The zero-order valence-corrected chi connectivity index (χ0v) is 16.4. The van der Waals surface area contributed by atoms with Crippen molar-refractivity contribution in [2.45, 2.75) is 38.7 Å². The largest absolute Gasteiger partial charge is 0.484 e. The van der Waals surface area contributed by atoms with Gasteiger partial charge in [0.1, 0.15) is 11.9 Å². The second kappa shape index (κ2) is 9.04. The highest BCUT2D eigenvalue weighted by atomic mass is 35.5. The molecule has 1 fully saturated rings. The fourth-order valence-corrected chi connectivity index (χ4v) is 3.05. The molecular formula is C20H24ClN3O3. The SMILES string of the molecule is CC(C)c1ccc(OCC(=O)N2CCC[C@@H](Oc3ncc(Cl)cn3)C2)cc1. The second-order valence-electron chi connectivity index (χ2n) is 6.92. The minimum Gasteiger partial charge on any atom is -0.484 e. The molecule has 1 aromatic carbocycles. The molecule has 0 radical (unpaired) electrons. The molecule has 2 heterocycles. The van der Waals surface area contributed by atoms with Crippen LogP contribution in [-0.4, -0.2) is 46.6 Å². The van der Waals surface area contributed by atoms with Gasteiger partial charge < -0.3 is 14.4 Å². The van der Waals surface area contributed by atoms with E-state index in [4.69, 9.17) is 21.1 Å². The molecule has 144 valence electrons. The van der Waals surface area contributed by atoms with Crippen LogP contribution in [0.2, 0.25) is 5.02 Å². The maximum absolute atomic E-state index is 12.5. The minimum atomic E-state index is -0.130. The first-order chi connectivity index (χ1) is 13.0. The Labute approximate surface area is 164 Å². The summed E-state index contributed by atoms with van der Waals surface area (Å²) in [4.78, 5) is 22.3. The Hall–Kier alpha value is -2.34. The van der Waals surface area contributed by atoms with E-state index in [0.717, 1.165) is 12.8 Å². The smallest absolute Gasteiger partial charge is 0.316 e. The molecule has 1 saturated heterocycles. The summed E-state index contributed by atoms with van der Waals surface area (Å²) in [5, 5.41) is 0.460. The summed E-state index contributed by atoms with van der Waals surface area (Å²) < 4.78 is 11.4. The van der Waals surface area contributed by atoms with Crippen molar-refractivity contribution < 1.29 is 14.3 Å². The van der Waals surface area contributed by atoms with Crippen molar-refractivity contribution in [2.24, 2.45) is 0 Å². The average Bonchev–Trinajstić information content (AvgIpc) is 2.68. The van der Waals surface area contributed by atoms with Crippen LogP contribution in [0.4, 0.5) is 0 Å². The van der Waals surface area contributed by atoms with Crippen molar-refractivity contribution in [3.63, 3.8) is 0 Å². The number of nitrogens with zero attached hydrogens (tertiary/aromatic N) is 3. The Kier molecular flexibility index (Phi) is 6.50. The van der Waals surface area contributed by atoms with Crippen LogP contribution in [0.3, 0.4) is 0 Å². The van der Waals surface area contributed by atoms with Gasteiger partial charge in [0.15, 0.2) is 6.61 Å². The highest BCUT2D eigenvalue weighted by Crippen LogP contribution is 2.19. The third-order valence-electron chi connectivity index (χ3n) is 4.51. The predicted molar refractivity (Wildman–Crippen MR) is 103 cm³/mol. The van der Waals surface area contributed by atoms with Gasteiger partial charge in [-0.05, 0) is 36.5 Å². The second-order valence-corrected chi connectivity index (χ2v) is 7.35. The lowest BCUT2D eigenvalue weighted by Gasteiger charge is -2.32. The zero-order chi connectivity index (χ0) is 19.2. The molecule has 0 unspecified atom stereocenters. The summed E-state index contributed by atoms with van der Waals surface area (Å²) in [7, 11) is 0. The van der Waals surface area contributed by atoms with E-state index in [-0.39, 0.29) is 24.6 Å². The number of rotatable bonds is 6. The van der Waals surface area contributed by atoms with Crippen LogP contribution >= 0.6 is 11.6 Å². The van der Waals surface area contributed by atoms with Crippen molar-refractivity contribution in [2.75, 3.05) is 19.7 Å². The van der Waals surface area contributed by atoms with Gasteiger partial charge in [0.2, 0.25) is 0 Å². The molecule has 2 aromatic rings. The molecule has 1 atom stereocenters. The van der Waals surface area contributed by atoms with Crippen molar-refractivity contribution >= 4 is 17.5 Å². The summed E-state index contributed by atoms with van der Waals surface area (Å²) in [6.45, 7) is 5.51. The monoisotopic (exact) mass is 389 g/mol. The van der Waals surface area contributed by atoms with E-state index >= 15 is 0 Å². The molecule has 7 heteroatoms. The Bertz CT molecular complexity index is 750. The van der Waals surface area contributed by atoms with Gasteiger partial charge in [0.05, 0.1) is 24.0 Å². The van der Waals surface area contributed by atoms with E-state index in [1.54, 1.807) is 4.90 Å². The van der Waals surface area contributed by atoms with E-state index in [0.29, 0.717) is 29.8 Å². The lowest BCUT2D eigenvalue weighted by molar-refractivity contribution is -0.136. The molecular weight excluding hydrogens is 366 g/mol. The lowest BCUT2D eigenvalue weighted by Crippen LogP contribution is -2.46. The summed E-state index contributed by atoms with van der Waals surface area (Å²) in [6, 6.07) is 8.15. The number of ether oxygens (including phenoxy) is 2. The van der Waals surface area contributed by atoms with Crippen molar-refractivity contribution in [3.8, 4) is 11.8 Å². The Morgan fingerprint density at radius 2 is 1.96 bits per heavy atom. The molecule has 1 aliphatic rings. The third kappa shape index (κ3) is 5.57.